The number of carbonyl (C=O) groups is 3. The fourth-order valence-electron chi connectivity index (χ4n) is 3.81. The van der Waals surface area contributed by atoms with Crippen LogP contribution in [0.4, 0.5) is 5.69 Å². The molecule has 1 fully saturated rings. The van der Waals surface area contributed by atoms with Gasteiger partial charge < -0.3 is 9.67 Å². The van der Waals surface area contributed by atoms with E-state index in [1.165, 1.54) is 18.2 Å². The molecule has 1 aromatic heterocycles. The topological polar surface area (TPSA) is 91.6 Å². The van der Waals surface area contributed by atoms with E-state index >= 15 is 0 Å². The highest BCUT2D eigenvalue weighted by Gasteiger charge is 2.35. The van der Waals surface area contributed by atoms with Crippen LogP contribution in [-0.2, 0) is 16.1 Å². The number of carboxylic acids is 1. The minimum atomic E-state index is -1.13. The zero-order valence-electron chi connectivity index (χ0n) is 18.0. The maximum atomic E-state index is 13.3. The molecule has 0 bridgehead atoms. The van der Waals surface area contributed by atoms with Crippen molar-refractivity contribution >= 4 is 46.9 Å². The monoisotopic (exact) mass is 459 g/mol. The zero-order chi connectivity index (χ0) is 23.7. The first-order valence-corrected chi connectivity index (χ1v) is 10.6. The lowest BCUT2D eigenvalue weighted by atomic mass is 10.1. The van der Waals surface area contributed by atoms with Gasteiger partial charge in [-0.05, 0) is 67.5 Å². The van der Waals surface area contributed by atoms with Crippen molar-refractivity contribution in [2.75, 3.05) is 4.90 Å². The smallest absolute Gasteiger partial charge is 0.335 e. The van der Waals surface area contributed by atoms with E-state index in [0.717, 1.165) is 27.4 Å². The first-order chi connectivity index (χ1) is 15.8. The summed E-state index contributed by atoms with van der Waals surface area (Å²) in [6.45, 7) is 4.58. The molecule has 0 saturated carbocycles. The Hall–Kier alpha value is -4.04. The summed E-state index contributed by atoms with van der Waals surface area (Å²) in [6.07, 6.45) is 1.55. The second kappa shape index (κ2) is 8.84. The maximum Gasteiger partial charge on any atom is 0.335 e. The third-order valence-electron chi connectivity index (χ3n) is 5.55. The van der Waals surface area contributed by atoms with Crippen molar-refractivity contribution in [1.82, 2.24) is 9.88 Å². The van der Waals surface area contributed by atoms with Gasteiger partial charge in [0.05, 0.1) is 11.3 Å². The summed E-state index contributed by atoms with van der Waals surface area (Å²) < 4.78 is 2.12. The van der Waals surface area contributed by atoms with E-state index in [4.69, 9.17) is 12.2 Å². The molecule has 3 aromatic rings. The number of amides is 2. The molecule has 0 atom stereocenters. The van der Waals surface area contributed by atoms with Crippen molar-refractivity contribution in [3.8, 4) is 0 Å². The second-order valence-electron chi connectivity index (χ2n) is 7.71. The summed E-state index contributed by atoms with van der Waals surface area (Å²) in [6, 6.07) is 17.8. The highest BCUT2D eigenvalue weighted by atomic mass is 32.1. The van der Waals surface area contributed by atoms with Crippen LogP contribution in [0.5, 0.6) is 0 Å². The van der Waals surface area contributed by atoms with E-state index in [9.17, 15) is 19.5 Å². The average molecular weight is 460 g/mol. The number of carbonyl (C=O) groups excluding carboxylic acids is 2. The highest BCUT2D eigenvalue weighted by molar-refractivity contribution is 7.80. The number of rotatable bonds is 5. The molecule has 1 saturated heterocycles. The van der Waals surface area contributed by atoms with Crippen molar-refractivity contribution in [1.29, 1.82) is 0 Å². The fraction of sp³-hybridized carbons (Fsp3) is 0.120. The van der Waals surface area contributed by atoms with Crippen molar-refractivity contribution in [3.05, 3.63) is 94.3 Å². The first-order valence-electron chi connectivity index (χ1n) is 10.2. The number of hydrogen-bond acceptors (Lipinski definition) is 4. The summed E-state index contributed by atoms with van der Waals surface area (Å²) in [5.41, 5.74) is 3.99. The third kappa shape index (κ3) is 4.33. The van der Waals surface area contributed by atoms with Gasteiger partial charge in [-0.1, -0.05) is 36.4 Å². The molecule has 8 heteroatoms. The number of anilines is 1. The molecule has 7 nitrogen and oxygen atoms in total. The largest absolute Gasteiger partial charge is 0.478 e. The number of nitrogens with one attached hydrogen (secondary N) is 1. The van der Waals surface area contributed by atoms with Crippen LogP contribution in [0.1, 0.15) is 32.9 Å². The Morgan fingerprint density at radius 2 is 1.79 bits per heavy atom. The molecular formula is C25H21N3O4S. The van der Waals surface area contributed by atoms with Crippen LogP contribution in [0.2, 0.25) is 0 Å². The van der Waals surface area contributed by atoms with E-state index in [2.05, 4.69) is 9.88 Å². The Labute approximate surface area is 196 Å². The number of hydrogen-bond donors (Lipinski definition) is 2. The summed E-state index contributed by atoms with van der Waals surface area (Å²) in [5, 5.41) is 11.7. The molecular weight excluding hydrogens is 438 g/mol. The molecule has 0 unspecified atom stereocenters. The van der Waals surface area contributed by atoms with Gasteiger partial charge in [0.2, 0.25) is 0 Å². The SMILES string of the molecule is Cc1cc(C=C2C(=O)NC(=S)N(c3cccc(C(=O)O)c3)C2=O)c(C)n1Cc1ccccc1. The Balaban J connectivity index is 1.71. The minimum Gasteiger partial charge on any atom is -0.478 e. The van der Waals surface area contributed by atoms with E-state index in [0.29, 0.717) is 6.54 Å². The molecule has 1 aliphatic rings. The predicted molar refractivity (Wildman–Crippen MR) is 129 cm³/mol. The lowest BCUT2D eigenvalue weighted by Gasteiger charge is -2.29. The van der Waals surface area contributed by atoms with Gasteiger partial charge in [-0.15, -0.1) is 0 Å². The lowest BCUT2D eigenvalue weighted by Crippen LogP contribution is -2.54. The van der Waals surface area contributed by atoms with Crippen LogP contribution in [0.3, 0.4) is 0 Å². The molecule has 2 amide bonds. The summed E-state index contributed by atoms with van der Waals surface area (Å²) in [7, 11) is 0. The molecule has 2 N–H and O–H groups in total. The van der Waals surface area contributed by atoms with Gasteiger partial charge in [0.25, 0.3) is 11.8 Å². The quantitative estimate of drug-likeness (QED) is 0.345. The van der Waals surface area contributed by atoms with Gasteiger partial charge >= 0.3 is 5.97 Å². The maximum absolute atomic E-state index is 13.3. The molecule has 2 aromatic carbocycles. The van der Waals surface area contributed by atoms with Crippen LogP contribution >= 0.6 is 12.2 Å². The van der Waals surface area contributed by atoms with Crippen LogP contribution in [0.25, 0.3) is 6.08 Å². The Morgan fingerprint density at radius 1 is 1.06 bits per heavy atom. The second-order valence-corrected chi connectivity index (χ2v) is 8.10. The van der Waals surface area contributed by atoms with Crippen LogP contribution < -0.4 is 10.2 Å². The highest BCUT2D eigenvalue weighted by Crippen LogP contribution is 2.25. The van der Waals surface area contributed by atoms with Crippen LogP contribution in [0, 0.1) is 13.8 Å². The van der Waals surface area contributed by atoms with E-state index < -0.39 is 17.8 Å². The van der Waals surface area contributed by atoms with Crippen molar-refractivity contribution in [2.45, 2.75) is 20.4 Å². The van der Waals surface area contributed by atoms with Crippen molar-refractivity contribution in [2.24, 2.45) is 0 Å². The number of nitrogens with zero attached hydrogens (tertiary/aromatic N) is 2. The fourth-order valence-corrected chi connectivity index (χ4v) is 4.09. The Morgan fingerprint density at radius 3 is 2.48 bits per heavy atom. The van der Waals surface area contributed by atoms with E-state index in [-0.39, 0.29) is 21.9 Å². The van der Waals surface area contributed by atoms with Gasteiger partial charge in [-0.2, -0.15) is 0 Å². The number of aromatic carboxylic acids is 1. The number of benzene rings is 2. The Bertz CT molecular complexity index is 1320. The normalized spacial score (nSPS) is 15.2. The predicted octanol–water partition coefficient (Wildman–Crippen LogP) is 3.68. The van der Waals surface area contributed by atoms with Crippen molar-refractivity contribution in [3.63, 3.8) is 0 Å². The van der Waals surface area contributed by atoms with Gasteiger partial charge in [0.15, 0.2) is 5.11 Å². The van der Waals surface area contributed by atoms with Gasteiger partial charge in [-0.3, -0.25) is 19.8 Å². The number of aryl methyl sites for hydroxylation is 1. The zero-order valence-corrected chi connectivity index (χ0v) is 18.8. The van der Waals surface area contributed by atoms with Crippen molar-refractivity contribution < 1.29 is 19.5 Å². The average Bonchev–Trinajstić information content (AvgIpc) is 3.05. The molecule has 0 spiro atoms. The summed E-state index contributed by atoms with van der Waals surface area (Å²) in [5.74, 6) is -2.33. The third-order valence-corrected chi connectivity index (χ3v) is 5.83. The van der Waals surface area contributed by atoms with Gasteiger partial charge in [0, 0.05) is 17.9 Å². The number of thiocarbonyl (C=S) groups is 1. The lowest BCUT2D eigenvalue weighted by molar-refractivity contribution is -0.122. The molecule has 0 aliphatic carbocycles. The van der Waals surface area contributed by atoms with Gasteiger partial charge in [0.1, 0.15) is 5.57 Å². The van der Waals surface area contributed by atoms with Crippen LogP contribution in [-0.4, -0.2) is 32.6 Å². The van der Waals surface area contributed by atoms with E-state index in [1.54, 1.807) is 12.1 Å². The Kier molecular flexibility index (Phi) is 5.93. The van der Waals surface area contributed by atoms with E-state index in [1.807, 2.05) is 50.2 Å². The minimum absolute atomic E-state index is 0.00925. The summed E-state index contributed by atoms with van der Waals surface area (Å²) >= 11 is 5.21. The number of carboxylic acid groups (broad SMARTS) is 1. The number of aromatic nitrogens is 1. The molecule has 2 heterocycles. The summed E-state index contributed by atoms with van der Waals surface area (Å²) in [4.78, 5) is 38.4. The molecule has 0 radical (unpaired) electrons. The molecule has 166 valence electrons. The molecule has 33 heavy (non-hydrogen) atoms. The molecule has 4 rings (SSSR count). The van der Waals surface area contributed by atoms with Gasteiger partial charge in [-0.25, -0.2) is 4.79 Å². The van der Waals surface area contributed by atoms with Crippen LogP contribution in [0.15, 0.2) is 66.2 Å². The standard InChI is InChI=1S/C25H21N3O4S/c1-15-11-19(16(2)27(15)14-17-7-4-3-5-8-17)13-21-22(29)26-25(33)28(23(21)30)20-10-6-9-18(12-20)24(31)32/h3-13H,14H2,1-2H3,(H,31,32)(H,26,29,33). The molecule has 1 aliphatic heterocycles. The first kappa shape index (κ1) is 22.2.